The van der Waals surface area contributed by atoms with E-state index in [2.05, 4.69) is 26.8 Å². The zero-order valence-corrected chi connectivity index (χ0v) is 16.4. The summed E-state index contributed by atoms with van der Waals surface area (Å²) < 4.78 is 5.18. The van der Waals surface area contributed by atoms with Crippen LogP contribution in [0, 0.1) is 5.41 Å². The van der Waals surface area contributed by atoms with Gasteiger partial charge < -0.3 is 4.74 Å². The van der Waals surface area contributed by atoms with E-state index in [1.807, 2.05) is 18.2 Å². The Morgan fingerprint density at radius 1 is 1.08 bits per heavy atom. The van der Waals surface area contributed by atoms with Gasteiger partial charge in [-0.05, 0) is 61.3 Å². The molecular formula is C23H30O3. The Morgan fingerprint density at radius 3 is 2.54 bits per heavy atom. The van der Waals surface area contributed by atoms with Gasteiger partial charge in [-0.25, -0.2) is 0 Å². The molecule has 0 saturated heterocycles. The molecule has 0 atom stereocenters. The van der Waals surface area contributed by atoms with Gasteiger partial charge in [0, 0.05) is 5.57 Å². The maximum atomic E-state index is 12.6. The largest absolute Gasteiger partial charge is 0.497 e. The molecule has 140 valence electrons. The van der Waals surface area contributed by atoms with Crippen LogP contribution in [0.25, 0.3) is 0 Å². The minimum Gasteiger partial charge on any atom is -0.497 e. The summed E-state index contributed by atoms with van der Waals surface area (Å²) in [7, 11) is 1.60. The third-order valence-corrected chi connectivity index (χ3v) is 5.45. The van der Waals surface area contributed by atoms with E-state index in [4.69, 9.17) is 4.74 Å². The van der Waals surface area contributed by atoms with Gasteiger partial charge in [0.25, 0.3) is 0 Å². The summed E-state index contributed by atoms with van der Waals surface area (Å²) in [5, 5.41) is 0. The zero-order chi connectivity index (χ0) is 19.2. The number of carbonyl (C=O) groups is 2. The second kappa shape index (κ2) is 8.98. The second-order valence-corrected chi connectivity index (χ2v) is 7.54. The first-order valence-electron chi connectivity index (χ1n) is 9.46. The fraction of sp³-hybridized carbons (Fsp3) is 0.478. The molecule has 0 saturated carbocycles. The molecule has 0 fully saturated rings. The lowest BCUT2D eigenvalue weighted by Crippen LogP contribution is -2.13. The van der Waals surface area contributed by atoms with Crippen LogP contribution in [0.5, 0.6) is 0 Å². The molecule has 0 N–H and O–H groups in total. The van der Waals surface area contributed by atoms with Crippen LogP contribution in [-0.2, 0) is 14.3 Å². The van der Waals surface area contributed by atoms with Crippen LogP contribution < -0.4 is 0 Å². The SMILES string of the molecule is CCC(C)(C)C1=CC=C(C(=O)CC(=O)C2=CCC=C(OC)C=C2)CCC1. The van der Waals surface area contributed by atoms with E-state index in [0.29, 0.717) is 12.0 Å². The van der Waals surface area contributed by atoms with Crippen LogP contribution in [0.15, 0.2) is 58.9 Å². The molecule has 2 rings (SSSR count). The van der Waals surface area contributed by atoms with Crippen LogP contribution in [0.1, 0.15) is 59.3 Å². The number of hydrogen-bond donors (Lipinski definition) is 0. The first-order valence-corrected chi connectivity index (χ1v) is 9.46. The Morgan fingerprint density at radius 2 is 1.85 bits per heavy atom. The third kappa shape index (κ3) is 5.17. The fourth-order valence-electron chi connectivity index (χ4n) is 3.19. The van der Waals surface area contributed by atoms with E-state index in [9.17, 15) is 9.59 Å². The van der Waals surface area contributed by atoms with Crippen LogP contribution in [-0.4, -0.2) is 18.7 Å². The topological polar surface area (TPSA) is 43.4 Å². The summed E-state index contributed by atoms with van der Waals surface area (Å²) in [5.74, 6) is 0.554. The lowest BCUT2D eigenvalue weighted by atomic mass is 9.79. The Labute approximate surface area is 157 Å². The van der Waals surface area contributed by atoms with Gasteiger partial charge in [0.05, 0.1) is 13.5 Å². The summed E-state index contributed by atoms with van der Waals surface area (Å²) in [5.41, 5.74) is 2.90. The zero-order valence-electron chi connectivity index (χ0n) is 16.4. The van der Waals surface area contributed by atoms with E-state index < -0.39 is 0 Å². The maximum absolute atomic E-state index is 12.6. The van der Waals surface area contributed by atoms with Crippen LogP contribution in [0.3, 0.4) is 0 Å². The fourth-order valence-corrected chi connectivity index (χ4v) is 3.19. The predicted octanol–water partition coefficient (Wildman–Crippen LogP) is 5.40. The van der Waals surface area contributed by atoms with Crippen LogP contribution in [0.2, 0.25) is 0 Å². The molecule has 0 aromatic heterocycles. The van der Waals surface area contributed by atoms with Gasteiger partial charge in [-0.3, -0.25) is 9.59 Å². The normalized spacial score (nSPS) is 18.0. The molecule has 2 aliphatic carbocycles. The van der Waals surface area contributed by atoms with E-state index >= 15 is 0 Å². The summed E-state index contributed by atoms with van der Waals surface area (Å²) >= 11 is 0. The first-order chi connectivity index (χ1) is 12.4. The Bertz CT molecular complexity index is 712. The molecule has 0 spiro atoms. The van der Waals surface area contributed by atoms with Gasteiger partial charge >= 0.3 is 0 Å². The average molecular weight is 354 g/mol. The van der Waals surface area contributed by atoms with Crippen molar-refractivity contribution >= 4 is 11.6 Å². The number of carbonyl (C=O) groups excluding carboxylic acids is 2. The van der Waals surface area contributed by atoms with E-state index in [1.165, 1.54) is 5.57 Å². The van der Waals surface area contributed by atoms with Crippen LogP contribution >= 0.6 is 0 Å². The smallest absolute Gasteiger partial charge is 0.170 e. The van der Waals surface area contributed by atoms with Crippen molar-refractivity contribution in [2.45, 2.75) is 59.3 Å². The van der Waals surface area contributed by atoms with Gasteiger partial charge in [-0.2, -0.15) is 0 Å². The van der Waals surface area contributed by atoms with Crippen molar-refractivity contribution in [3.8, 4) is 0 Å². The number of rotatable bonds is 7. The van der Waals surface area contributed by atoms with Gasteiger partial charge in [0.1, 0.15) is 5.76 Å². The standard InChI is InChI=1S/C23H30O3/c1-5-23(2,3)19-10-6-8-17(12-14-19)21(24)16-22(25)18-9-7-11-20(26-4)15-13-18/h9,11-15H,5-8,10,16H2,1-4H3. The summed E-state index contributed by atoms with van der Waals surface area (Å²) in [4.78, 5) is 25.1. The molecule has 26 heavy (non-hydrogen) atoms. The minimum atomic E-state index is -0.125. The van der Waals surface area contributed by atoms with Crippen LogP contribution in [0.4, 0.5) is 0 Å². The first kappa shape index (κ1) is 20.2. The van der Waals surface area contributed by atoms with E-state index in [1.54, 1.807) is 19.3 Å². The van der Waals surface area contributed by atoms with Crippen molar-refractivity contribution in [1.29, 1.82) is 0 Å². The highest BCUT2D eigenvalue weighted by molar-refractivity contribution is 6.14. The number of allylic oxidation sites excluding steroid dienone is 9. The molecule has 2 aliphatic rings. The highest BCUT2D eigenvalue weighted by Crippen LogP contribution is 2.35. The third-order valence-electron chi connectivity index (χ3n) is 5.45. The number of Topliss-reactive ketones (excluding diaryl/α,β-unsaturated/α-hetero) is 2. The molecule has 0 aliphatic heterocycles. The van der Waals surface area contributed by atoms with Crippen molar-refractivity contribution in [2.24, 2.45) is 5.41 Å². The van der Waals surface area contributed by atoms with Gasteiger partial charge in [-0.1, -0.05) is 44.6 Å². The Balaban J connectivity index is 2.05. The van der Waals surface area contributed by atoms with Crippen molar-refractivity contribution in [3.05, 3.63) is 58.9 Å². The van der Waals surface area contributed by atoms with Crippen molar-refractivity contribution in [3.63, 3.8) is 0 Å². The summed E-state index contributed by atoms with van der Waals surface area (Å²) in [6.07, 6.45) is 15.7. The highest BCUT2D eigenvalue weighted by atomic mass is 16.5. The Hall–Kier alpha value is -2.16. The Kier molecular flexibility index (Phi) is 6.96. The van der Waals surface area contributed by atoms with Crippen molar-refractivity contribution in [2.75, 3.05) is 7.11 Å². The van der Waals surface area contributed by atoms with E-state index in [-0.39, 0.29) is 23.4 Å². The second-order valence-electron chi connectivity index (χ2n) is 7.54. The number of methoxy groups -OCH3 is 1. The lowest BCUT2D eigenvalue weighted by molar-refractivity contribution is -0.123. The quantitative estimate of drug-likeness (QED) is 0.575. The monoisotopic (exact) mass is 354 g/mol. The molecule has 3 nitrogen and oxygen atoms in total. The molecule has 0 bridgehead atoms. The number of ketones is 2. The summed E-state index contributed by atoms with van der Waals surface area (Å²) in [6.45, 7) is 6.68. The summed E-state index contributed by atoms with van der Waals surface area (Å²) in [6, 6.07) is 0. The lowest BCUT2D eigenvalue weighted by Gasteiger charge is -2.26. The molecule has 0 radical (unpaired) electrons. The molecule has 0 aromatic rings. The molecular weight excluding hydrogens is 324 g/mol. The minimum absolute atomic E-state index is 0.0553. The maximum Gasteiger partial charge on any atom is 0.170 e. The van der Waals surface area contributed by atoms with Crippen molar-refractivity contribution in [1.82, 2.24) is 0 Å². The van der Waals surface area contributed by atoms with Gasteiger partial charge in [0.2, 0.25) is 0 Å². The molecule has 3 heteroatoms. The highest BCUT2D eigenvalue weighted by Gasteiger charge is 2.23. The average Bonchev–Trinajstić information content (AvgIpc) is 3.02. The molecule has 0 aromatic carbocycles. The number of ether oxygens (including phenoxy) is 1. The molecule has 0 heterocycles. The van der Waals surface area contributed by atoms with Gasteiger partial charge in [-0.15, -0.1) is 0 Å². The van der Waals surface area contributed by atoms with Crippen molar-refractivity contribution < 1.29 is 14.3 Å². The number of hydrogen-bond acceptors (Lipinski definition) is 3. The van der Waals surface area contributed by atoms with Gasteiger partial charge in [0.15, 0.2) is 11.6 Å². The molecule has 0 unspecified atom stereocenters. The van der Waals surface area contributed by atoms with E-state index in [0.717, 1.165) is 37.0 Å². The molecule has 0 amide bonds. The predicted molar refractivity (Wildman–Crippen MR) is 106 cm³/mol.